The topological polar surface area (TPSA) is 84.2 Å². The van der Waals surface area contributed by atoms with Gasteiger partial charge in [0.05, 0.1) is 0 Å². The maximum Gasteiger partial charge on any atom is 0.217 e. The van der Waals surface area contributed by atoms with Crippen LogP contribution in [0.15, 0.2) is 10.6 Å². The normalized spacial score (nSPS) is 24.5. The number of aryl methyl sites for hydroxylation is 1. The van der Waals surface area contributed by atoms with Gasteiger partial charge < -0.3 is 9.84 Å². The van der Waals surface area contributed by atoms with Gasteiger partial charge in [0.15, 0.2) is 0 Å². The van der Waals surface area contributed by atoms with Gasteiger partial charge in [0.25, 0.3) is 0 Å². The van der Waals surface area contributed by atoms with E-state index in [1.54, 1.807) is 13.0 Å². The number of hydrogen-bond donors (Lipinski definition) is 2. The van der Waals surface area contributed by atoms with Crippen molar-refractivity contribution in [2.75, 3.05) is 7.05 Å². The van der Waals surface area contributed by atoms with Crippen LogP contribution in [0.25, 0.3) is 0 Å². The SMILES string of the molecule is CNC1CCC(NS(=O)(=O)Cc2cc(C)on2)CC1. The highest BCUT2D eigenvalue weighted by Gasteiger charge is 2.24. The zero-order valence-electron chi connectivity index (χ0n) is 11.3. The summed E-state index contributed by atoms with van der Waals surface area (Å²) in [6.45, 7) is 1.75. The average Bonchev–Trinajstić information content (AvgIpc) is 2.74. The molecule has 1 aromatic rings. The Hall–Kier alpha value is -0.920. The van der Waals surface area contributed by atoms with Crippen LogP contribution in [-0.4, -0.2) is 32.7 Å². The number of nitrogens with one attached hydrogen (secondary N) is 2. The van der Waals surface area contributed by atoms with Crippen LogP contribution in [0.2, 0.25) is 0 Å². The second kappa shape index (κ2) is 6.02. The fourth-order valence-corrected chi connectivity index (χ4v) is 3.83. The predicted octanol–water partition coefficient (Wildman–Crippen LogP) is 0.933. The highest BCUT2D eigenvalue weighted by atomic mass is 32.2. The van der Waals surface area contributed by atoms with Gasteiger partial charge in [-0.05, 0) is 39.7 Å². The molecule has 0 spiro atoms. The Labute approximate surface area is 114 Å². The molecule has 0 amide bonds. The third kappa shape index (κ3) is 4.29. The van der Waals surface area contributed by atoms with Crippen molar-refractivity contribution in [3.8, 4) is 0 Å². The van der Waals surface area contributed by atoms with E-state index in [0.29, 0.717) is 17.5 Å². The molecule has 19 heavy (non-hydrogen) atoms. The molecule has 1 aromatic heterocycles. The second-order valence-corrected chi connectivity index (χ2v) is 6.90. The molecule has 1 fully saturated rings. The van der Waals surface area contributed by atoms with Gasteiger partial charge in [0.1, 0.15) is 17.2 Å². The van der Waals surface area contributed by atoms with Gasteiger partial charge in [-0.2, -0.15) is 0 Å². The van der Waals surface area contributed by atoms with Crippen LogP contribution < -0.4 is 10.0 Å². The monoisotopic (exact) mass is 287 g/mol. The van der Waals surface area contributed by atoms with Gasteiger partial charge in [-0.3, -0.25) is 0 Å². The van der Waals surface area contributed by atoms with E-state index in [1.165, 1.54) is 0 Å². The van der Waals surface area contributed by atoms with E-state index in [4.69, 9.17) is 4.52 Å². The molecule has 0 radical (unpaired) electrons. The molecule has 0 aromatic carbocycles. The molecule has 1 saturated carbocycles. The average molecular weight is 287 g/mol. The summed E-state index contributed by atoms with van der Waals surface area (Å²) in [7, 11) is -1.39. The van der Waals surface area contributed by atoms with Crippen LogP contribution in [0.3, 0.4) is 0 Å². The molecule has 0 aliphatic heterocycles. The molecule has 1 aliphatic carbocycles. The molecule has 2 N–H and O–H groups in total. The van der Waals surface area contributed by atoms with E-state index in [1.807, 2.05) is 7.05 Å². The number of nitrogens with zero attached hydrogens (tertiary/aromatic N) is 1. The number of rotatable bonds is 5. The van der Waals surface area contributed by atoms with E-state index in [2.05, 4.69) is 15.2 Å². The largest absolute Gasteiger partial charge is 0.361 e. The lowest BCUT2D eigenvalue weighted by atomic mass is 9.92. The highest BCUT2D eigenvalue weighted by molar-refractivity contribution is 7.88. The summed E-state index contributed by atoms with van der Waals surface area (Å²) in [5.74, 6) is 0.510. The van der Waals surface area contributed by atoms with Crippen LogP contribution in [0, 0.1) is 6.92 Å². The first kappa shape index (κ1) is 14.5. The van der Waals surface area contributed by atoms with Crippen molar-refractivity contribution in [1.29, 1.82) is 0 Å². The molecule has 0 bridgehead atoms. The van der Waals surface area contributed by atoms with Gasteiger partial charge in [0, 0.05) is 18.2 Å². The maximum absolute atomic E-state index is 12.0. The van der Waals surface area contributed by atoms with Crippen molar-refractivity contribution in [3.05, 3.63) is 17.5 Å². The summed E-state index contributed by atoms with van der Waals surface area (Å²) in [5, 5.41) is 6.95. The van der Waals surface area contributed by atoms with E-state index in [-0.39, 0.29) is 11.8 Å². The van der Waals surface area contributed by atoms with Crippen molar-refractivity contribution in [2.45, 2.75) is 50.4 Å². The molecule has 6 nitrogen and oxygen atoms in total. The Morgan fingerprint density at radius 3 is 2.47 bits per heavy atom. The number of hydrogen-bond acceptors (Lipinski definition) is 5. The summed E-state index contributed by atoms with van der Waals surface area (Å²) in [6, 6.07) is 2.21. The number of aromatic nitrogens is 1. The van der Waals surface area contributed by atoms with Gasteiger partial charge in [-0.25, -0.2) is 13.1 Å². The Balaban J connectivity index is 1.87. The minimum Gasteiger partial charge on any atom is -0.361 e. The molecular formula is C12H21N3O3S. The molecule has 7 heteroatoms. The van der Waals surface area contributed by atoms with Crippen molar-refractivity contribution in [1.82, 2.24) is 15.2 Å². The minimum atomic E-state index is -3.34. The van der Waals surface area contributed by atoms with Crippen LogP contribution >= 0.6 is 0 Å². The summed E-state index contributed by atoms with van der Waals surface area (Å²) in [5.41, 5.74) is 0.453. The Morgan fingerprint density at radius 1 is 1.32 bits per heavy atom. The Bertz CT molecular complexity index is 504. The molecule has 108 valence electrons. The van der Waals surface area contributed by atoms with Gasteiger partial charge in [-0.15, -0.1) is 0 Å². The van der Waals surface area contributed by atoms with E-state index < -0.39 is 10.0 Å². The lowest BCUT2D eigenvalue weighted by Gasteiger charge is -2.28. The zero-order chi connectivity index (χ0) is 13.9. The van der Waals surface area contributed by atoms with Crippen LogP contribution in [-0.2, 0) is 15.8 Å². The Morgan fingerprint density at radius 2 is 1.95 bits per heavy atom. The first-order valence-electron chi connectivity index (χ1n) is 6.58. The van der Waals surface area contributed by atoms with Crippen molar-refractivity contribution in [2.24, 2.45) is 0 Å². The van der Waals surface area contributed by atoms with Gasteiger partial charge in [0.2, 0.25) is 10.0 Å². The van der Waals surface area contributed by atoms with Crippen LogP contribution in [0.5, 0.6) is 0 Å². The number of sulfonamides is 1. The highest BCUT2D eigenvalue weighted by Crippen LogP contribution is 2.19. The first-order valence-corrected chi connectivity index (χ1v) is 8.23. The third-order valence-corrected chi connectivity index (χ3v) is 4.86. The Kier molecular flexibility index (Phi) is 4.59. The minimum absolute atomic E-state index is 0.0441. The first-order chi connectivity index (χ1) is 8.98. The standard InChI is InChI=1S/C12H21N3O3S/c1-9-7-12(14-18-9)8-19(16,17)15-11-5-3-10(13-2)4-6-11/h7,10-11,13,15H,3-6,8H2,1-2H3. The fraction of sp³-hybridized carbons (Fsp3) is 0.750. The summed E-state index contributed by atoms with van der Waals surface area (Å²) in [4.78, 5) is 0. The lowest BCUT2D eigenvalue weighted by molar-refractivity contribution is 0.342. The second-order valence-electron chi connectivity index (χ2n) is 5.14. The molecule has 0 unspecified atom stereocenters. The molecule has 2 rings (SSSR count). The zero-order valence-corrected chi connectivity index (χ0v) is 12.2. The maximum atomic E-state index is 12.0. The van der Waals surface area contributed by atoms with Crippen LogP contribution in [0.1, 0.15) is 37.1 Å². The van der Waals surface area contributed by atoms with Crippen molar-refractivity contribution >= 4 is 10.0 Å². The summed E-state index contributed by atoms with van der Waals surface area (Å²) >= 11 is 0. The van der Waals surface area contributed by atoms with E-state index >= 15 is 0 Å². The predicted molar refractivity (Wildman–Crippen MR) is 72.1 cm³/mol. The molecular weight excluding hydrogens is 266 g/mol. The fourth-order valence-electron chi connectivity index (χ4n) is 2.48. The molecule has 1 heterocycles. The van der Waals surface area contributed by atoms with Crippen molar-refractivity contribution in [3.63, 3.8) is 0 Å². The molecule has 0 atom stereocenters. The third-order valence-electron chi connectivity index (χ3n) is 3.50. The summed E-state index contributed by atoms with van der Waals surface area (Å²) in [6.07, 6.45) is 3.77. The molecule has 1 aliphatic rings. The summed E-state index contributed by atoms with van der Waals surface area (Å²) < 4.78 is 31.7. The van der Waals surface area contributed by atoms with Crippen LogP contribution in [0.4, 0.5) is 0 Å². The van der Waals surface area contributed by atoms with E-state index in [0.717, 1.165) is 25.7 Å². The van der Waals surface area contributed by atoms with Gasteiger partial charge >= 0.3 is 0 Å². The smallest absolute Gasteiger partial charge is 0.217 e. The van der Waals surface area contributed by atoms with Gasteiger partial charge in [-0.1, -0.05) is 5.16 Å². The lowest BCUT2D eigenvalue weighted by Crippen LogP contribution is -2.41. The van der Waals surface area contributed by atoms with Crippen molar-refractivity contribution < 1.29 is 12.9 Å². The molecule has 0 saturated heterocycles. The quantitative estimate of drug-likeness (QED) is 0.841. The van der Waals surface area contributed by atoms with E-state index in [9.17, 15) is 8.42 Å².